The normalized spacial score (nSPS) is 20.7. The van der Waals surface area contributed by atoms with Crippen LogP contribution < -0.4 is 4.90 Å². The number of phenolic OH excluding ortho intramolecular Hbond substituents is 1. The molecule has 3 rings (SSSR count). The van der Waals surface area contributed by atoms with E-state index in [1.807, 2.05) is 11.8 Å². The lowest BCUT2D eigenvalue weighted by Gasteiger charge is -2.37. The lowest BCUT2D eigenvalue weighted by molar-refractivity contribution is -0.137. The Hall–Kier alpha value is -2.42. The average Bonchev–Trinajstić information content (AvgIpc) is 2.61. The Bertz CT molecular complexity index is 829. The number of halogens is 3. The summed E-state index contributed by atoms with van der Waals surface area (Å²) >= 11 is 0. The second kappa shape index (κ2) is 7.30. The molecule has 1 aromatic carbocycles. The second-order valence-electron chi connectivity index (χ2n) is 6.90. The van der Waals surface area contributed by atoms with E-state index in [-0.39, 0.29) is 29.8 Å². The van der Waals surface area contributed by atoms with E-state index in [0.717, 1.165) is 18.9 Å². The monoisotopic (exact) mass is 382 g/mol. The van der Waals surface area contributed by atoms with Gasteiger partial charge >= 0.3 is 6.18 Å². The Labute approximate surface area is 154 Å². The molecule has 1 fully saturated rings. The van der Waals surface area contributed by atoms with Crippen molar-refractivity contribution in [1.82, 2.24) is 15.2 Å². The summed E-state index contributed by atoms with van der Waals surface area (Å²) in [4.78, 5) is 6.41. The molecule has 0 radical (unpaired) electrons. The van der Waals surface area contributed by atoms with Crippen LogP contribution in [0, 0.1) is 12.8 Å². The van der Waals surface area contributed by atoms with E-state index >= 15 is 0 Å². The van der Waals surface area contributed by atoms with Crippen molar-refractivity contribution in [3.05, 3.63) is 29.5 Å². The van der Waals surface area contributed by atoms with Gasteiger partial charge in [-0.25, -0.2) is 4.98 Å². The van der Waals surface area contributed by atoms with E-state index in [2.05, 4.69) is 15.2 Å². The van der Waals surface area contributed by atoms with Gasteiger partial charge in [0.15, 0.2) is 0 Å². The number of aliphatic hydroxyl groups is 1. The first-order valence-corrected chi connectivity index (χ1v) is 8.70. The molecule has 1 saturated heterocycles. The first-order valence-electron chi connectivity index (χ1n) is 8.70. The van der Waals surface area contributed by atoms with Crippen molar-refractivity contribution in [3.63, 3.8) is 0 Å². The number of hydrogen-bond donors (Lipinski definition) is 2. The van der Waals surface area contributed by atoms with Crippen LogP contribution in [0.2, 0.25) is 0 Å². The summed E-state index contributed by atoms with van der Waals surface area (Å²) in [5, 5.41) is 27.7. The molecule has 0 bridgehead atoms. The average molecular weight is 382 g/mol. The minimum absolute atomic E-state index is 0.0904. The van der Waals surface area contributed by atoms with Crippen molar-refractivity contribution in [3.8, 4) is 17.0 Å². The number of rotatable bonds is 3. The molecule has 146 valence electrons. The fourth-order valence-electron chi connectivity index (χ4n) is 3.28. The van der Waals surface area contributed by atoms with E-state index in [9.17, 15) is 23.4 Å². The van der Waals surface area contributed by atoms with E-state index in [1.165, 1.54) is 6.07 Å². The van der Waals surface area contributed by atoms with Crippen LogP contribution >= 0.6 is 0 Å². The highest BCUT2D eigenvalue weighted by Gasteiger charge is 2.32. The lowest BCUT2D eigenvalue weighted by Crippen LogP contribution is -2.44. The van der Waals surface area contributed by atoms with Crippen molar-refractivity contribution in [2.24, 2.45) is 5.92 Å². The summed E-state index contributed by atoms with van der Waals surface area (Å²) in [7, 11) is 0. The summed E-state index contributed by atoms with van der Waals surface area (Å²) in [5.74, 6) is 0.0282. The van der Waals surface area contributed by atoms with E-state index in [1.54, 1.807) is 6.92 Å². The minimum Gasteiger partial charge on any atom is -0.507 e. The molecule has 1 aliphatic rings. The molecule has 0 saturated carbocycles. The summed E-state index contributed by atoms with van der Waals surface area (Å²) in [5.41, 5.74) is -0.107. The third-order valence-electron chi connectivity index (χ3n) is 4.92. The number of piperidine rings is 1. The Morgan fingerprint density at radius 3 is 2.56 bits per heavy atom. The third-order valence-corrected chi connectivity index (χ3v) is 4.92. The Morgan fingerprint density at radius 2 is 1.96 bits per heavy atom. The second-order valence-corrected chi connectivity index (χ2v) is 6.90. The number of nitrogens with zero attached hydrogens (tertiary/aromatic N) is 4. The zero-order valence-electron chi connectivity index (χ0n) is 15.0. The van der Waals surface area contributed by atoms with Gasteiger partial charge in [0.2, 0.25) is 5.95 Å². The Kier molecular flexibility index (Phi) is 5.23. The fraction of sp³-hybridized carbons (Fsp3) is 0.500. The molecule has 1 aromatic heterocycles. The van der Waals surface area contributed by atoms with Gasteiger partial charge in [-0.15, -0.1) is 10.2 Å². The highest BCUT2D eigenvalue weighted by molar-refractivity contribution is 5.69. The van der Waals surface area contributed by atoms with Crippen LogP contribution in [0.5, 0.6) is 5.75 Å². The molecule has 1 aliphatic heterocycles. The molecule has 0 aliphatic carbocycles. The highest BCUT2D eigenvalue weighted by atomic mass is 19.4. The summed E-state index contributed by atoms with van der Waals surface area (Å²) in [6.45, 7) is 4.42. The molecular weight excluding hydrogens is 361 g/mol. The Morgan fingerprint density at radius 1 is 1.22 bits per heavy atom. The van der Waals surface area contributed by atoms with E-state index < -0.39 is 17.5 Å². The molecular formula is C18H21F3N4O2. The van der Waals surface area contributed by atoms with Crippen LogP contribution in [0.4, 0.5) is 19.1 Å². The molecule has 9 heteroatoms. The van der Waals surface area contributed by atoms with Gasteiger partial charge in [-0.1, -0.05) is 0 Å². The maximum Gasteiger partial charge on any atom is 0.416 e. The van der Waals surface area contributed by atoms with Crippen LogP contribution in [0.25, 0.3) is 11.3 Å². The number of aromatic hydroxyl groups is 1. The van der Waals surface area contributed by atoms with Crippen molar-refractivity contribution < 1.29 is 23.4 Å². The number of aliphatic hydroxyl groups excluding tert-OH is 1. The minimum atomic E-state index is -4.54. The van der Waals surface area contributed by atoms with Gasteiger partial charge in [-0.3, -0.25) is 0 Å². The van der Waals surface area contributed by atoms with Gasteiger partial charge in [0.1, 0.15) is 11.4 Å². The largest absolute Gasteiger partial charge is 0.507 e. The maximum absolute atomic E-state index is 12.8. The predicted molar refractivity (Wildman–Crippen MR) is 93.3 cm³/mol. The summed E-state index contributed by atoms with van der Waals surface area (Å²) < 4.78 is 38.3. The summed E-state index contributed by atoms with van der Waals surface area (Å²) in [6.07, 6.45) is -2.71. The molecule has 0 unspecified atom stereocenters. The van der Waals surface area contributed by atoms with Crippen molar-refractivity contribution in [1.29, 1.82) is 0 Å². The third kappa shape index (κ3) is 3.97. The molecule has 2 N–H and O–H groups in total. The Balaban J connectivity index is 1.91. The molecule has 0 amide bonds. The molecule has 27 heavy (non-hydrogen) atoms. The number of anilines is 1. The topological polar surface area (TPSA) is 82.4 Å². The van der Waals surface area contributed by atoms with Crippen molar-refractivity contribution >= 4 is 5.95 Å². The van der Waals surface area contributed by atoms with Crippen LogP contribution in [-0.2, 0) is 6.18 Å². The van der Waals surface area contributed by atoms with Crippen LogP contribution in [-0.4, -0.2) is 44.6 Å². The highest BCUT2D eigenvalue weighted by Crippen LogP contribution is 2.36. The van der Waals surface area contributed by atoms with Gasteiger partial charge in [-0.2, -0.15) is 13.2 Å². The lowest BCUT2D eigenvalue weighted by atomic mass is 9.94. The van der Waals surface area contributed by atoms with Gasteiger partial charge in [0, 0.05) is 24.8 Å². The van der Waals surface area contributed by atoms with Gasteiger partial charge in [-0.05, 0) is 50.8 Å². The van der Waals surface area contributed by atoms with Gasteiger partial charge in [0.25, 0.3) is 0 Å². The first-order chi connectivity index (χ1) is 12.7. The summed E-state index contributed by atoms with van der Waals surface area (Å²) in [6, 6.07) is 2.92. The quantitative estimate of drug-likeness (QED) is 0.849. The zero-order chi connectivity index (χ0) is 19.8. The van der Waals surface area contributed by atoms with Crippen molar-refractivity contribution in [2.45, 2.75) is 38.9 Å². The van der Waals surface area contributed by atoms with Crippen molar-refractivity contribution in [2.75, 3.05) is 18.1 Å². The van der Waals surface area contributed by atoms with E-state index in [4.69, 9.17) is 0 Å². The molecule has 0 spiro atoms. The maximum atomic E-state index is 12.8. The zero-order valence-corrected chi connectivity index (χ0v) is 15.0. The number of aryl methyl sites for hydroxylation is 1. The van der Waals surface area contributed by atoms with Crippen LogP contribution in [0.3, 0.4) is 0 Å². The van der Waals surface area contributed by atoms with Gasteiger partial charge < -0.3 is 15.1 Å². The number of benzene rings is 1. The molecule has 6 nitrogen and oxygen atoms in total. The smallest absolute Gasteiger partial charge is 0.416 e. The molecule has 2 atom stereocenters. The number of aromatic nitrogens is 3. The fourth-order valence-corrected chi connectivity index (χ4v) is 3.28. The van der Waals surface area contributed by atoms with Crippen LogP contribution in [0.15, 0.2) is 18.2 Å². The molecule has 2 aromatic rings. The van der Waals surface area contributed by atoms with E-state index in [0.29, 0.717) is 24.3 Å². The molecule has 2 heterocycles. The van der Waals surface area contributed by atoms with Gasteiger partial charge in [0.05, 0.1) is 11.3 Å². The first kappa shape index (κ1) is 19.3. The van der Waals surface area contributed by atoms with Crippen LogP contribution in [0.1, 0.15) is 31.0 Å². The number of phenols is 1. The number of alkyl halides is 3. The standard InChI is InChI=1S/C18H21F3N4O2/c1-10-3-4-12(9-26)8-25(10)17-22-11(2)16(23-24-17)14-6-5-13(7-15(14)27)18(19,20)21/h5-7,10,12,26-27H,3-4,8-9H2,1-2H3/t10-,12+/m1/s1. The predicted octanol–water partition coefficient (Wildman–Crippen LogP) is 3.17. The SMILES string of the molecule is Cc1nc(N2C[C@@H](CO)CC[C@H]2C)nnc1-c1ccc(C(F)(F)F)cc1O. The number of hydrogen-bond acceptors (Lipinski definition) is 6.